The summed E-state index contributed by atoms with van der Waals surface area (Å²) in [6.45, 7) is 4.26. The van der Waals surface area contributed by atoms with E-state index in [1.165, 1.54) is 4.90 Å². The predicted octanol–water partition coefficient (Wildman–Crippen LogP) is 3.96. The Balaban J connectivity index is 1.72. The lowest BCUT2D eigenvalue weighted by molar-refractivity contribution is 0.121. The summed E-state index contributed by atoms with van der Waals surface area (Å²) in [4.78, 5) is 22.1. The van der Waals surface area contributed by atoms with Crippen molar-refractivity contribution in [1.29, 1.82) is 0 Å². The van der Waals surface area contributed by atoms with Crippen LogP contribution in [0.2, 0.25) is 0 Å². The van der Waals surface area contributed by atoms with Crippen molar-refractivity contribution in [2.75, 3.05) is 18.8 Å². The van der Waals surface area contributed by atoms with E-state index in [4.69, 9.17) is 10.7 Å². The van der Waals surface area contributed by atoms with Crippen molar-refractivity contribution in [2.24, 2.45) is 5.92 Å². The maximum absolute atomic E-state index is 11.2. The van der Waals surface area contributed by atoms with Crippen LogP contribution in [0.1, 0.15) is 38.4 Å². The monoisotopic (exact) mass is 387 g/mol. The molecule has 3 aromatic heterocycles. The third kappa shape index (κ3) is 3.34. The van der Waals surface area contributed by atoms with Crippen molar-refractivity contribution in [1.82, 2.24) is 19.4 Å². The molecule has 0 aliphatic carbocycles. The number of amides is 1. The molecule has 1 aliphatic rings. The molecule has 1 amide bonds. The zero-order chi connectivity index (χ0) is 19.0. The summed E-state index contributed by atoms with van der Waals surface area (Å²) < 4.78 is 3.47. The van der Waals surface area contributed by atoms with Gasteiger partial charge in [0.05, 0.1) is 15.7 Å². The maximum Gasteiger partial charge on any atom is 0.407 e. The van der Waals surface area contributed by atoms with Crippen molar-refractivity contribution in [3.8, 4) is 0 Å². The first-order valence-corrected chi connectivity index (χ1v) is 10.5. The van der Waals surface area contributed by atoms with Gasteiger partial charge in [-0.1, -0.05) is 13.3 Å². The molecule has 27 heavy (non-hydrogen) atoms. The van der Waals surface area contributed by atoms with Gasteiger partial charge < -0.3 is 20.3 Å². The van der Waals surface area contributed by atoms with Crippen LogP contribution in [0.4, 0.5) is 10.6 Å². The number of aromatic nitrogens is 3. The Kier molecular flexibility index (Phi) is 4.90. The number of rotatable bonds is 5. The third-order valence-electron chi connectivity index (χ3n) is 5.47. The molecule has 1 aliphatic heterocycles. The Labute approximate surface area is 161 Å². The van der Waals surface area contributed by atoms with E-state index >= 15 is 0 Å². The first-order chi connectivity index (χ1) is 13.1. The number of fused-ring (bicyclic) bond motifs is 3. The van der Waals surface area contributed by atoms with Gasteiger partial charge in [-0.3, -0.25) is 0 Å². The first kappa shape index (κ1) is 18.0. The van der Waals surface area contributed by atoms with E-state index in [0.717, 1.165) is 65.7 Å². The lowest BCUT2D eigenvalue weighted by Gasteiger charge is -2.30. The molecule has 8 heteroatoms. The summed E-state index contributed by atoms with van der Waals surface area (Å²) in [6, 6.07) is 2.00. The largest absolute Gasteiger partial charge is 0.465 e. The lowest BCUT2D eigenvalue weighted by Crippen LogP contribution is -2.38. The SMILES string of the molecule is CCCCc1nc2c(N)nc3ccsc3c2n1CC1CCN(C(=O)O)CC1. The quantitative estimate of drug-likeness (QED) is 0.690. The molecule has 0 unspecified atom stereocenters. The molecule has 0 atom stereocenters. The number of hydrogen-bond acceptors (Lipinski definition) is 5. The molecule has 7 nitrogen and oxygen atoms in total. The van der Waals surface area contributed by atoms with E-state index in [9.17, 15) is 9.90 Å². The second-order valence-electron chi connectivity index (χ2n) is 7.28. The molecule has 144 valence electrons. The molecule has 0 saturated carbocycles. The van der Waals surface area contributed by atoms with Gasteiger partial charge in [0.25, 0.3) is 0 Å². The van der Waals surface area contributed by atoms with Crippen molar-refractivity contribution < 1.29 is 9.90 Å². The van der Waals surface area contributed by atoms with E-state index in [1.807, 2.05) is 11.4 Å². The predicted molar refractivity (Wildman–Crippen MR) is 108 cm³/mol. The highest BCUT2D eigenvalue weighted by Crippen LogP contribution is 2.34. The standard InChI is InChI=1S/C19H25N5O2S/c1-2-3-4-14-22-15-16(17-13(7-10-27-17)21-18(15)20)24(14)11-12-5-8-23(9-6-12)19(25)26/h7,10,12H,2-6,8-9,11H2,1H3,(H2,20,21)(H,25,26). The fraction of sp³-hybridized carbons (Fsp3) is 0.526. The number of nitrogens with zero attached hydrogens (tertiary/aromatic N) is 4. The van der Waals surface area contributed by atoms with Crippen LogP contribution in [-0.4, -0.2) is 43.7 Å². The third-order valence-corrected chi connectivity index (χ3v) is 6.38. The van der Waals surface area contributed by atoms with Gasteiger partial charge in [0.2, 0.25) is 0 Å². The Morgan fingerprint density at radius 3 is 2.85 bits per heavy atom. The maximum atomic E-state index is 11.2. The molecular formula is C19H25N5O2S. The van der Waals surface area contributed by atoms with Gasteiger partial charge >= 0.3 is 6.09 Å². The van der Waals surface area contributed by atoms with Crippen LogP contribution < -0.4 is 5.73 Å². The normalized spacial score (nSPS) is 15.8. The molecule has 3 N–H and O–H groups in total. The minimum absolute atomic E-state index is 0.447. The number of nitrogen functional groups attached to an aromatic ring is 1. The van der Waals surface area contributed by atoms with Crippen LogP contribution in [0.3, 0.4) is 0 Å². The number of likely N-dealkylation sites (tertiary alicyclic amines) is 1. The summed E-state index contributed by atoms with van der Waals surface area (Å²) in [7, 11) is 0. The lowest BCUT2D eigenvalue weighted by atomic mass is 9.97. The Morgan fingerprint density at radius 1 is 1.37 bits per heavy atom. The number of anilines is 1. The number of pyridine rings is 1. The van der Waals surface area contributed by atoms with E-state index in [1.54, 1.807) is 11.3 Å². The van der Waals surface area contributed by atoms with Crippen LogP contribution in [0.25, 0.3) is 21.3 Å². The van der Waals surface area contributed by atoms with E-state index in [-0.39, 0.29) is 0 Å². The van der Waals surface area contributed by atoms with Crippen molar-refractivity contribution in [2.45, 2.75) is 45.6 Å². The molecule has 3 aromatic rings. The van der Waals surface area contributed by atoms with Crippen LogP contribution in [-0.2, 0) is 13.0 Å². The second-order valence-corrected chi connectivity index (χ2v) is 8.20. The number of nitrogens with two attached hydrogens (primary N) is 1. The average molecular weight is 388 g/mol. The van der Waals surface area contributed by atoms with Crippen LogP contribution in [0.5, 0.6) is 0 Å². The number of carbonyl (C=O) groups is 1. The summed E-state index contributed by atoms with van der Waals surface area (Å²) in [5.74, 6) is 2.01. The zero-order valence-electron chi connectivity index (χ0n) is 15.5. The van der Waals surface area contributed by atoms with Gasteiger partial charge in [-0.15, -0.1) is 11.3 Å². The van der Waals surface area contributed by atoms with Crippen LogP contribution in [0, 0.1) is 5.92 Å². The number of hydrogen-bond donors (Lipinski definition) is 2. The molecule has 4 rings (SSSR count). The Hall–Kier alpha value is -2.35. The smallest absolute Gasteiger partial charge is 0.407 e. The van der Waals surface area contributed by atoms with E-state index < -0.39 is 6.09 Å². The number of thiophene rings is 1. The number of carboxylic acid groups (broad SMARTS) is 1. The highest BCUT2D eigenvalue weighted by Gasteiger charge is 2.25. The van der Waals surface area contributed by atoms with E-state index in [0.29, 0.717) is 24.8 Å². The fourth-order valence-corrected chi connectivity index (χ4v) is 4.83. The van der Waals surface area contributed by atoms with Gasteiger partial charge in [0.15, 0.2) is 5.82 Å². The summed E-state index contributed by atoms with van der Waals surface area (Å²) >= 11 is 1.68. The van der Waals surface area contributed by atoms with Crippen molar-refractivity contribution in [3.63, 3.8) is 0 Å². The highest BCUT2D eigenvalue weighted by atomic mass is 32.1. The molecule has 1 fully saturated rings. The van der Waals surface area contributed by atoms with Gasteiger partial charge in [0, 0.05) is 26.1 Å². The second kappa shape index (κ2) is 7.34. The minimum Gasteiger partial charge on any atom is -0.465 e. The highest BCUT2D eigenvalue weighted by molar-refractivity contribution is 7.18. The number of aryl methyl sites for hydroxylation is 1. The summed E-state index contributed by atoms with van der Waals surface area (Å²) in [5.41, 5.74) is 9.05. The number of imidazole rings is 1. The fourth-order valence-electron chi connectivity index (χ4n) is 3.95. The molecule has 0 spiro atoms. The van der Waals surface area contributed by atoms with Gasteiger partial charge in [-0.2, -0.15) is 0 Å². The summed E-state index contributed by atoms with van der Waals surface area (Å²) in [6.07, 6.45) is 4.07. The van der Waals surface area contributed by atoms with Crippen LogP contribution >= 0.6 is 11.3 Å². The first-order valence-electron chi connectivity index (χ1n) is 9.58. The van der Waals surface area contributed by atoms with Gasteiger partial charge in [0.1, 0.15) is 11.3 Å². The van der Waals surface area contributed by atoms with Gasteiger partial charge in [-0.05, 0) is 36.6 Å². The minimum atomic E-state index is -0.815. The van der Waals surface area contributed by atoms with Crippen LogP contribution in [0.15, 0.2) is 11.4 Å². The van der Waals surface area contributed by atoms with Crippen molar-refractivity contribution >= 4 is 44.5 Å². The molecule has 1 saturated heterocycles. The average Bonchev–Trinajstić information content (AvgIpc) is 3.25. The Morgan fingerprint density at radius 2 is 2.15 bits per heavy atom. The number of piperidine rings is 1. The molecule has 4 heterocycles. The molecule has 0 bridgehead atoms. The van der Waals surface area contributed by atoms with Crippen molar-refractivity contribution in [3.05, 3.63) is 17.3 Å². The van der Waals surface area contributed by atoms with E-state index in [2.05, 4.69) is 16.5 Å². The Bertz CT molecular complexity index is 971. The van der Waals surface area contributed by atoms with Gasteiger partial charge in [-0.25, -0.2) is 14.8 Å². The molecular weight excluding hydrogens is 362 g/mol. The topological polar surface area (TPSA) is 97.3 Å². The molecule has 0 aromatic carbocycles. The molecule has 0 radical (unpaired) electrons. The number of unbranched alkanes of at least 4 members (excludes halogenated alkanes) is 1. The summed E-state index contributed by atoms with van der Waals surface area (Å²) in [5, 5.41) is 11.2. The zero-order valence-corrected chi connectivity index (χ0v) is 16.3.